The molecule has 54 heavy (non-hydrogen) atoms. The number of aromatic nitrogens is 8. The lowest BCUT2D eigenvalue weighted by molar-refractivity contribution is 0.230. The standard InChI is InChI=1S/C38H39FN12O2S/c1-22(2)53-35-34(24-16-42-43-17-24)41-21-51-37(35)45-38(47-51)44-32-11-9-29(15-31(32)39)54(52)28-7-5-6-23(12-28)18-49-19-27-13-26(49)20-50(27)25-8-10-30-33(14-25)48(4)46-36(30)40-3/h5-12,14-17,21-22,26-27H,13,18-20H2,1-4H3,(H,40,46)(H,42,43)(H,44,47). The predicted molar refractivity (Wildman–Crippen MR) is 205 cm³/mol. The summed E-state index contributed by atoms with van der Waals surface area (Å²) >= 11 is 0. The van der Waals surface area contributed by atoms with Crippen LogP contribution in [0.5, 0.6) is 5.75 Å². The van der Waals surface area contributed by atoms with Crippen molar-refractivity contribution in [3.05, 3.63) is 90.8 Å². The summed E-state index contributed by atoms with van der Waals surface area (Å²) in [4.78, 5) is 15.1. The number of H-pyrrole nitrogens is 1. The third-order valence-corrected chi connectivity index (χ3v) is 11.5. The van der Waals surface area contributed by atoms with Gasteiger partial charge >= 0.3 is 0 Å². The molecular formula is C38H39FN12O2S. The van der Waals surface area contributed by atoms with Gasteiger partial charge in [0.05, 0.1) is 34.3 Å². The van der Waals surface area contributed by atoms with Gasteiger partial charge in [0, 0.05) is 78.4 Å². The third-order valence-electron chi connectivity index (χ3n) is 10.1. The van der Waals surface area contributed by atoms with Gasteiger partial charge in [0.25, 0.3) is 0 Å². The van der Waals surface area contributed by atoms with Crippen molar-refractivity contribution < 1.29 is 13.3 Å². The van der Waals surface area contributed by atoms with Crippen LogP contribution in [0.1, 0.15) is 25.8 Å². The second kappa shape index (κ2) is 13.5. The summed E-state index contributed by atoms with van der Waals surface area (Å²) < 4.78 is 38.8. The molecular weight excluding hydrogens is 708 g/mol. The highest BCUT2D eigenvalue weighted by Gasteiger charge is 2.43. The normalized spacial score (nSPS) is 17.6. The number of rotatable bonds is 11. The zero-order valence-electron chi connectivity index (χ0n) is 30.2. The molecule has 9 rings (SSSR count). The first-order valence-electron chi connectivity index (χ1n) is 17.9. The molecule has 276 valence electrons. The summed E-state index contributed by atoms with van der Waals surface area (Å²) in [7, 11) is 2.29. The highest BCUT2D eigenvalue weighted by Crippen LogP contribution is 2.38. The molecule has 2 aliphatic heterocycles. The third kappa shape index (κ3) is 6.10. The van der Waals surface area contributed by atoms with Crippen LogP contribution in [0.25, 0.3) is 27.8 Å². The van der Waals surface area contributed by atoms with Crippen LogP contribution in [0.3, 0.4) is 0 Å². The Kier molecular flexibility index (Phi) is 8.50. The summed E-state index contributed by atoms with van der Waals surface area (Å²) in [6, 6.07) is 19.8. The smallest absolute Gasteiger partial charge is 0.247 e. The second-order valence-corrected chi connectivity index (χ2v) is 15.5. The van der Waals surface area contributed by atoms with E-state index in [9.17, 15) is 4.21 Å². The molecule has 4 aromatic heterocycles. The minimum Gasteiger partial charge on any atom is -0.485 e. The molecule has 3 unspecified atom stereocenters. The van der Waals surface area contributed by atoms with Crippen LogP contribution in [-0.4, -0.2) is 87.0 Å². The van der Waals surface area contributed by atoms with E-state index in [0.29, 0.717) is 39.0 Å². The lowest BCUT2D eigenvalue weighted by atomic mass is 10.1. The number of halogens is 1. The van der Waals surface area contributed by atoms with E-state index in [0.717, 1.165) is 53.9 Å². The van der Waals surface area contributed by atoms with Crippen molar-refractivity contribution >= 4 is 50.5 Å². The number of aromatic amines is 1. The van der Waals surface area contributed by atoms with E-state index in [1.54, 1.807) is 24.5 Å². The Morgan fingerprint density at radius 1 is 1.06 bits per heavy atom. The average molecular weight is 747 g/mol. The van der Waals surface area contributed by atoms with Gasteiger partial charge in [-0.25, -0.2) is 13.6 Å². The lowest BCUT2D eigenvalue weighted by Crippen LogP contribution is -2.46. The molecule has 3 N–H and O–H groups in total. The number of piperazine rings is 1. The Balaban J connectivity index is 0.874. The molecule has 16 heteroatoms. The second-order valence-electron chi connectivity index (χ2n) is 14.0. The molecule has 7 aromatic rings. The molecule has 0 saturated carbocycles. The van der Waals surface area contributed by atoms with Gasteiger partial charge in [0.15, 0.2) is 11.6 Å². The highest BCUT2D eigenvalue weighted by atomic mass is 32.2. The highest BCUT2D eigenvalue weighted by molar-refractivity contribution is 7.85. The maximum atomic E-state index is 15.5. The van der Waals surface area contributed by atoms with Crippen molar-refractivity contribution in [2.45, 2.75) is 54.8 Å². The molecule has 2 bridgehead atoms. The molecule has 0 aliphatic carbocycles. The van der Waals surface area contributed by atoms with Crippen LogP contribution in [-0.2, 0) is 24.4 Å². The zero-order valence-corrected chi connectivity index (χ0v) is 31.0. The first-order chi connectivity index (χ1) is 26.2. The van der Waals surface area contributed by atoms with E-state index in [2.05, 4.69) is 75.1 Å². The Hall–Kier alpha value is -5.87. The van der Waals surface area contributed by atoms with Gasteiger partial charge in [-0.3, -0.25) is 14.7 Å². The predicted octanol–water partition coefficient (Wildman–Crippen LogP) is 5.74. The number of nitrogens with one attached hydrogen (secondary N) is 3. The van der Waals surface area contributed by atoms with Gasteiger partial charge in [-0.15, -0.1) is 5.10 Å². The topological polar surface area (TPSA) is 146 Å². The first kappa shape index (κ1) is 33.9. The number of fused-ring (bicyclic) bond motifs is 4. The van der Waals surface area contributed by atoms with Crippen LogP contribution in [0.4, 0.5) is 27.5 Å². The number of nitrogens with zero attached hydrogens (tertiary/aromatic N) is 9. The van der Waals surface area contributed by atoms with Crippen LogP contribution < -0.4 is 20.3 Å². The number of hydrogen-bond acceptors (Lipinski definition) is 11. The summed E-state index contributed by atoms with van der Waals surface area (Å²) in [5, 5.41) is 23.1. The molecule has 3 aromatic carbocycles. The van der Waals surface area contributed by atoms with E-state index in [1.165, 1.54) is 22.6 Å². The van der Waals surface area contributed by atoms with Gasteiger partial charge in [-0.05, 0) is 74.4 Å². The maximum absolute atomic E-state index is 15.5. The van der Waals surface area contributed by atoms with E-state index < -0.39 is 16.6 Å². The molecule has 2 fully saturated rings. The number of aryl methyl sites for hydroxylation is 1. The van der Waals surface area contributed by atoms with Crippen LogP contribution in [0.15, 0.2) is 89.2 Å². The van der Waals surface area contributed by atoms with Gasteiger partial charge in [0.2, 0.25) is 11.6 Å². The van der Waals surface area contributed by atoms with E-state index in [4.69, 9.17) is 4.74 Å². The van der Waals surface area contributed by atoms with Crippen molar-refractivity contribution in [1.29, 1.82) is 0 Å². The Morgan fingerprint density at radius 2 is 1.93 bits per heavy atom. The Labute approximate surface area is 312 Å². The summed E-state index contributed by atoms with van der Waals surface area (Å²) in [5.74, 6) is 0.907. The molecule has 3 atom stereocenters. The number of likely N-dealkylation sites (tertiary alicyclic amines) is 1. The summed E-state index contributed by atoms with van der Waals surface area (Å²) in [6.45, 7) is 6.49. The fraction of sp³-hybridized carbons (Fsp3) is 0.289. The largest absolute Gasteiger partial charge is 0.485 e. The van der Waals surface area contributed by atoms with Crippen molar-refractivity contribution in [3.8, 4) is 17.0 Å². The number of ether oxygens (including phenoxy) is 1. The minimum atomic E-state index is -1.58. The van der Waals surface area contributed by atoms with E-state index in [-0.39, 0.29) is 17.7 Å². The van der Waals surface area contributed by atoms with Crippen LogP contribution in [0, 0.1) is 5.82 Å². The van der Waals surface area contributed by atoms with E-state index in [1.807, 2.05) is 50.8 Å². The number of hydrogen-bond donors (Lipinski definition) is 3. The Morgan fingerprint density at radius 3 is 2.69 bits per heavy atom. The minimum absolute atomic E-state index is 0.149. The summed E-state index contributed by atoms with van der Waals surface area (Å²) in [6.07, 6.45) is 5.84. The number of benzene rings is 3. The number of anilines is 4. The Bertz CT molecular complexity index is 2530. The average Bonchev–Trinajstić information content (AvgIpc) is 4.02. The molecule has 14 nitrogen and oxygen atoms in total. The van der Waals surface area contributed by atoms with Gasteiger partial charge < -0.3 is 20.3 Å². The van der Waals surface area contributed by atoms with E-state index >= 15 is 4.39 Å². The molecule has 2 aliphatic rings. The molecule has 0 amide bonds. The van der Waals surface area contributed by atoms with Crippen molar-refractivity contribution in [2.75, 3.05) is 35.7 Å². The van der Waals surface area contributed by atoms with Crippen molar-refractivity contribution in [3.63, 3.8) is 0 Å². The molecule has 0 spiro atoms. The van der Waals surface area contributed by atoms with Crippen molar-refractivity contribution in [1.82, 2.24) is 44.5 Å². The fourth-order valence-corrected chi connectivity index (χ4v) is 8.78. The fourth-order valence-electron chi connectivity index (χ4n) is 7.65. The molecule has 2 saturated heterocycles. The zero-order chi connectivity index (χ0) is 37.1. The quantitative estimate of drug-likeness (QED) is 0.149. The van der Waals surface area contributed by atoms with Crippen LogP contribution in [0.2, 0.25) is 0 Å². The first-order valence-corrected chi connectivity index (χ1v) is 19.0. The summed E-state index contributed by atoms with van der Waals surface area (Å²) in [5.41, 5.74) is 5.28. The van der Waals surface area contributed by atoms with Gasteiger partial charge in [-0.1, -0.05) is 12.1 Å². The van der Waals surface area contributed by atoms with Gasteiger partial charge in [0.1, 0.15) is 17.8 Å². The SMILES string of the molecule is CNc1nn(C)c2cc(N3CC4CC3CN4Cc3cccc(S(=O)c4ccc(Nc5nc6c(OC(C)C)c(-c7cn[nH]c7)ncn6n5)c(F)c4)c3)ccc12. The molecule has 0 radical (unpaired) electrons. The van der Waals surface area contributed by atoms with Crippen LogP contribution >= 0.6 is 0 Å². The molecule has 6 heterocycles. The monoisotopic (exact) mass is 746 g/mol. The maximum Gasteiger partial charge on any atom is 0.247 e. The van der Waals surface area contributed by atoms with Gasteiger partial charge in [-0.2, -0.15) is 19.7 Å². The van der Waals surface area contributed by atoms with Crippen molar-refractivity contribution in [2.24, 2.45) is 7.05 Å². The lowest BCUT2D eigenvalue weighted by Gasteiger charge is -2.35.